The van der Waals surface area contributed by atoms with Gasteiger partial charge in [-0.25, -0.2) is 0 Å². The first-order valence-corrected chi connectivity index (χ1v) is 23.1. The fourth-order valence-corrected chi connectivity index (χ4v) is 6.00. The van der Waals surface area contributed by atoms with Crippen molar-refractivity contribution < 1.29 is 52.6 Å². The average molecular weight is 838 g/mol. The maximum Gasteiger partial charge on any atom is 0.305 e. The van der Waals surface area contributed by atoms with Crippen molar-refractivity contribution in [3.8, 4) is 0 Å². The molecule has 0 aromatic heterocycles. The predicted molar refractivity (Wildman–Crippen MR) is 235 cm³/mol. The molecule has 1 unspecified atom stereocenters. The topological polar surface area (TPSA) is 155 Å². The summed E-state index contributed by atoms with van der Waals surface area (Å²) >= 11 is 0. The molecule has 3 N–H and O–H groups in total. The summed E-state index contributed by atoms with van der Waals surface area (Å²) < 4.78 is 34.0. The van der Waals surface area contributed by atoms with Crippen LogP contribution in [0.2, 0.25) is 0 Å². The normalized spacial score (nSPS) is 16.2. The van der Waals surface area contributed by atoms with Gasteiger partial charge in [-0.3, -0.25) is 9.36 Å². The Hall–Kier alpha value is -2.60. The van der Waals surface area contributed by atoms with Crippen LogP contribution in [-0.2, 0) is 27.9 Å². The molecule has 0 amide bonds. The molecule has 0 radical (unpaired) electrons. The van der Waals surface area contributed by atoms with Crippen LogP contribution in [0, 0.1) is 0 Å². The molecule has 58 heavy (non-hydrogen) atoms. The van der Waals surface area contributed by atoms with E-state index >= 15 is 0 Å². The number of likely N-dealkylation sites (N-methyl/N-ethyl adjacent to an activating group) is 1. The second-order valence-corrected chi connectivity index (χ2v) is 17.0. The highest BCUT2D eigenvalue weighted by Gasteiger charge is 2.20. The molecule has 0 aromatic carbocycles. The van der Waals surface area contributed by atoms with Crippen LogP contribution in [0.15, 0.2) is 85.3 Å². The molecule has 0 aliphatic rings. The third kappa shape index (κ3) is 38.9. The number of carbonyl (C=O) groups excluding carboxylic acids is 1. The van der Waals surface area contributed by atoms with Crippen molar-refractivity contribution in [2.24, 2.45) is 0 Å². The first-order valence-electron chi connectivity index (χ1n) is 21.7. The van der Waals surface area contributed by atoms with E-state index in [-0.39, 0.29) is 32.5 Å². The standard InChI is InChI=1S/C46H80NO10P/c1-6-8-10-11-12-13-14-15-16-17-18-19-20-23-26-30-38-54-43(41-57-58(52,53)56-39-37-47(3,4)5)40-55-46(51)36-31-35-45(50)44(49)34-29-25-22-21-24-28-33-42(48)32-27-9-7-2/h9,15-16,21-22,24-25,27-30,33-34,38,42-45,48-50H,6-8,10-14,17-20,23,26,31-32,35-37,39-41H2,1-5H3/b16-15-,24-21+,25-22-,27-9-,33-28+,34-29-,38-30+/t42-,43-,44+,45+/m1/s1. The van der Waals surface area contributed by atoms with E-state index in [0.29, 0.717) is 17.4 Å². The zero-order valence-electron chi connectivity index (χ0n) is 36.5. The Kier molecular flexibility index (Phi) is 35.7. The van der Waals surface area contributed by atoms with Crippen LogP contribution < -0.4 is 4.89 Å². The van der Waals surface area contributed by atoms with E-state index in [2.05, 4.69) is 19.1 Å². The van der Waals surface area contributed by atoms with Crippen molar-refractivity contribution in [1.82, 2.24) is 0 Å². The maximum absolute atomic E-state index is 12.5. The summed E-state index contributed by atoms with van der Waals surface area (Å²) in [5, 5.41) is 30.4. The Morgan fingerprint density at radius 1 is 0.707 bits per heavy atom. The molecule has 0 aliphatic heterocycles. The number of hydrogen-bond acceptors (Lipinski definition) is 10. The summed E-state index contributed by atoms with van der Waals surface area (Å²) in [6.45, 7) is 4.08. The van der Waals surface area contributed by atoms with Crippen molar-refractivity contribution >= 4 is 13.8 Å². The summed E-state index contributed by atoms with van der Waals surface area (Å²) in [6.07, 6.45) is 39.3. The highest BCUT2D eigenvalue weighted by atomic mass is 31.2. The third-order valence-electron chi connectivity index (χ3n) is 8.86. The lowest BCUT2D eigenvalue weighted by molar-refractivity contribution is -0.870. The summed E-state index contributed by atoms with van der Waals surface area (Å²) in [4.78, 5) is 24.9. The number of allylic oxidation sites excluding steroid dienone is 10. The maximum atomic E-state index is 12.5. The summed E-state index contributed by atoms with van der Waals surface area (Å²) in [5.41, 5.74) is 0. The van der Waals surface area contributed by atoms with E-state index in [1.807, 2.05) is 46.3 Å². The molecule has 12 heteroatoms. The largest absolute Gasteiger partial charge is 0.756 e. The van der Waals surface area contributed by atoms with E-state index in [0.717, 1.165) is 38.5 Å². The van der Waals surface area contributed by atoms with Crippen molar-refractivity contribution in [1.29, 1.82) is 0 Å². The first kappa shape index (κ1) is 55.4. The molecular weight excluding hydrogens is 757 g/mol. The van der Waals surface area contributed by atoms with Gasteiger partial charge < -0.3 is 43.2 Å². The number of unbranched alkanes of at least 4 members (excludes halogenated alkanes) is 11. The molecule has 0 saturated heterocycles. The van der Waals surface area contributed by atoms with Gasteiger partial charge >= 0.3 is 5.97 Å². The van der Waals surface area contributed by atoms with E-state index in [1.165, 1.54) is 63.7 Å². The van der Waals surface area contributed by atoms with Crippen LogP contribution in [-0.4, -0.2) is 97.7 Å². The van der Waals surface area contributed by atoms with Crippen LogP contribution in [0.3, 0.4) is 0 Å². The lowest BCUT2D eigenvalue weighted by Crippen LogP contribution is -2.37. The zero-order valence-corrected chi connectivity index (χ0v) is 37.4. The molecule has 0 spiro atoms. The van der Waals surface area contributed by atoms with Crippen LogP contribution in [0.1, 0.15) is 129 Å². The molecular formula is C46H80NO10P. The lowest BCUT2D eigenvalue weighted by Gasteiger charge is -2.28. The van der Waals surface area contributed by atoms with Crippen molar-refractivity contribution in [2.45, 2.75) is 154 Å². The SMILES string of the molecule is CC/C=C\C[C@@H](O)/C=C/C=C/C=C\C=C/[C@H](O)[C@@H](O)CCCC(=O)OC[C@H](COP(=O)([O-])OCC[N+](C)(C)C)O/C=C/CCCCCC/C=C\CCCCCCCC. The minimum absolute atomic E-state index is 0.0121. The molecule has 334 valence electrons. The number of phosphoric acid groups is 1. The summed E-state index contributed by atoms with van der Waals surface area (Å²) in [5.74, 6) is -0.551. The molecule has 11 nitrogen and oxygen atoms in total. The number of aliphatic hydroxyl groups excluding tert-OH is 3. The highest BCUT2D eigenvalue weighted by Crippen LogP contribution is 2.38. The van der Waals surface area contributed by atoms with Gasteiger partial charge in [0.05, 0.1) is 52.3 Å². The number of phosphoric ester groups is 1. The number of quaternary nitrogens is 1. The van der Waals surface area contributed by atoms with Gasteiger partial charge in [-0.05, 0) is 70.3 Å². The highest BCUT2D eigenvalue weighted by molar-refractivity contribution is 7.45. The van der Waals surface area contributed by atoms with Gasteiger partial charge in [-0.2, -0.15) is 0 Å². The smallest absolute Gasteiger partial charge is 0.305 e. The number of esters is 1. The van der Waals surface area contributed by atoms with Gasteiger partial charge in [0.2, 0.25) is 0 Å². The summed E-state index contributed by atoms with van der Waals surface area (Å²) in [7, 11) is 1.15. The third-order valence-corrected chi connectivity index (χ3v) is 9.83. The Morgan fingerprint density at radius 2 is 1.29 bits per heavy atom. The molecule has 0 rings (SSSR count). The Balaban J connectivity index is 4.66. The van der Waals surface area contributed by atoms with Crippen LogP contribution in [0.4, 0.5) is 0 Å². The molecule has 0 saturated carbocycles. The van der Waals surface area contributed by atoms with Gasteiger partial charge in [0.15, 0.2) is 6.10 Å². The monoisotopic (exact) mass is 838 g/mol. The molecule has 5 atom stereocenters. The predicted octanol–water partition coefficient (Wildman–Crippen LogP) is 9.12. The Bertz CT molecular complexity index is 1250. The lowest BCUT2D eigenvalue weighted by atomic mass is 10.1. The number of hydrogen-bond donors (Lipinski definition) is 3. The van der Waals surface area contributed by atoms with E-state index in [1.54, 1.807) is 42.5 Å². The van der Waals surface area contributed by atoms with Crippen LogP contribution >= 0.6 is 7.82 Å². The second-order valence-electron chi connectivity index (χ2n) is 15.6. The van der Waals surface area contributed by atoms with Crippen molar-refractivity contribution in [3.05, 3.63) is 85.3 Å². The molecule has 0 aromatic rings. The van der Waals surface area contributed by atoms with Crippen molar-refractivity contribution in [2.75, 3.05) is 47.5 Å². The molecule has 0 bridgehead atoms. The minimum atomic E-state index is -4.61. The number of aliphatic hydroxyl groups is 3. The number of rotatable bonds is 38. The van der Waals surface area contributed by atoms with Crippen LogP contribution in [0.5, 0.6) is 0 Å². The number of nitrogens with zero attached hydrogens (tertiary/aromatic N) is 1. The Labute approximate surface area is 352 Å². The van der Waals surface area contributed by atoms with E-state index in [4.69, 9.17) is 18.5 Å². The fraction of sp³-hybridized carbons (Fsp3) is 0.674. The zero-order chi connectivity index (χ0) is 43.2. The van der Waals surface area contributed by atoms with E-state index < -0.39 is 44.8 Å². The average Bonchev–Trinajstić information content (AvgIpc) is 3.17. The fourth-order valence-electron chi connectivity index (χ4n) is 5.28. The first-order chi connectivity index (χ1) is 27.8. The van der Waals surface area contributed by atoms with E-state index in [9.17, 15) is 29.6 Å². The van der Waals surface area contributed by atoms with Gasteiger partial charge in [-0.1, -0.05) is 132 Å². The Morgan fingerprint density at radius 3 is 1.91 bits per heavy atom. The number of ether oxygens (including phenoxy) is 2. The minimum Gasteiger partial charge on any atom is -0.756 e. The van der Waals surface area contributed by atoms with Gasteiger partial charge in [-0.15, -0.1) is 0 Å². The quantitative estimate of drug-likeness (QED) is 0.0104. The molecule has 0 aliphatic carbocycles. The van der Waals surface area contributed by atoms with Gasteiger partial charge in [0.25, 0.3) is 7.82 Å². The number of carbonyl (C=O) groups is 1. The second kappa shape index (κ2) is 37.4. The van der Waals surface area contributed by atoms with Crippen molar-refractivity contribution in [3.63, 3.8) is 0 Å². The van der Waals surface area contributed by atoms with Gasteiger partial charge in [0.1, 0.15) is 19.8 Å². The molecule has 0 heterocycles. The van der Waals surface area contributed by atoms with Gasteiger partial charge in [0, 0.05) is 6.42 Å². The van der Waals surface area contributed by atoms with Crippen LogP contribution in [0.25, 0.3) is 0 Å². The summed E-state index contributed by atoms with van der Waals surface area (Å²) in [6, 6.07) is 0. The molecule has 0 fully saturated rings.